The van der Waals surface area contributed by atoms with E-state index in [0.29, 0.717) is 11.1 Å². The monoisotopic (exact) mass is 274 g/mol. The number of fused-ring (bicyclic) bond motifs is 1. The maximum absolute atomic E-state index is 12.2. The highest BCUT2D eigenvalue weighted by atomic mass is 16.3. The highest BCUT2D eigenvalue weighted by Gasteiger charge is 2.03. The molecule has 0 saturated carbocycles. The molecule has 0 heterocycles. The minimum Gasteiger partial charge on any atom is -0.507 e. The van der Waals surface area contributed by atoms with Gasteiger partial charge in [0, 0.05) is 11.1 Å². The summed E-state index contributed by atoms with van der Waals surface area (Å²) in [5, 5.41) is 11.8. The van der Waals surface area contributed by atoms with Gasteiger partial charge in [0.25, 0.3) is 0 Å². The van der Waals surface area contributed by atoms with Crippen LogP contribution in [0.2, 0.25) is 0 Å². The quantitative estimate of drug-likeness (QED) is 0.566. The third kappa shape index (κ3) is 2.84. The summed E-state index contributed by atoms with van der Waals surface area (Å²) in [6, 6.07) is 20.5. The smallest absolute Gasteiger partial charge is 0.185 e. The molecule has 0 atom stereocenters. The summed E-state index contributed by atoms with van der Waals surface area (Å²) in [6.45, 7) is 0. The van der Waals surface area contributed by atoms with Crippen LogP contribution in [0.4, 0.5) is 0 Å². The average molecular weight is 274 g/mol. The molecule has 0 saturated heterocycles. The minimum atomic E-state index is -0.0796. The number of hydrogen-bond donors (Lipinski definition) is 1. The molecule has 2 heteroatoms. The minimum absolute atomic E-state index is 0.0796. The third-order valence-electron chi connectivity index (χ3n) is 3.39. The Labute approximate surface area is 123 Å². The van der Waals surface area contributed by atoms with Gasteiger partial charge in [-0.15, -0.1) is 0 Å². The van der Waals surface area contributed by atoms with Gasteiger partial charge in [-0.3, -0.25) is 4.79 Å². The molecular formula is C19H14O2. The van der Waals surface area contributed by atoms with Gasteiger partial charge in [-0.25, -0.2) is 0 Å². The fourth-order valence-corrected chi connectivity index (χ4v) is 2.23. The van der Waals surface area contributed by atoms with E-state index in [2.05, 4.69) is 0 Å². The van der Waals surface area contributed by atoms with E-state index < -0.39 is 0 Å². The number of allylic oxidation sites excluding steroid dienone is 1. The number of carbonyl (C=O) groups excluding carboxylic acids is 1. The van der Waals surface area contributed by atoms with Crippen LogP contribution in [0.15, 0.2) is 72.8 Å². The van der Waals surface area contributed by atoms with Crippen LogP contribution < -0.4 is 0 Å². The molecule has 0 unspecified atom stereocenters. The topological polar surface area (TPSA) is 37.3 Å². The molecule has 0 aliphatic rings. The van der Waals surface area contributed by atoms with Crippen LogP contribution in [-0.2, 0) is 0 Å². The Morgan fingerprint density at radius 1 is 0.857 bits per heavy atom. The van der Waals surface area contributed by atoms with Crippen molar-refractivity contribution in [2.24, 2.45) is 0 Å². The van der Waals surface area contributed by atoms with Crippen molar-refractivity contribution in [3.63, 3.8) is 0 Å². The molecule has 0 aliphatic carbocycles. The van der Waals surface area contributed by atoms with E-state index in [1.165, 1.54) is 6.08 Å². The van der Waals surface area contributed by atoms with Crippen molar-refractivity contribution in [3.8, 4) is 5.75 Å². The Bertz CT molecular complexity index is 832. The summed E-state index contributed by atoms with van der Waals surface area (Å²) in [4.78, 5) is 12.2. The second kappa shape index (κ2) is 5.63. The lowest BCUT2D eigenvalue weighted by molar-refractivity contribution is 0.104. The van der Waals surface area contributed by atoms with Gasteiger partial charge in [0.15, 0.2) is 5.78 Å². The highest BCUT2D eigenvalue weighted by Crippen LogP contribution is 2.19. The molecule has 0 spiro atoms. The normalized spacial score (nSPS) is 11.0. The van der Waals surface area contributed by atoms with Gasteiger partial charge in [0.1, 0.15) is 5.75 Å². The van der Waals surface area contributed by atoms with Gasteiger partial charge >= 0.3 is 0 Å². The number of aromatic hydroxyl groups is 1. The zero-order valence-corrected chi connectivity index (χ0v) is 11.4. The molecule has 0 fully saturated rings. The Balaban J connectivity index is 1.89. The second-order valence-corrected chi connectivity index (χ2v) is 4.82. The van der Waals surface area contributed by atoms with Crippen LogP contribution in [0.5, 0.6) is 5.75 Å². The number of para-hydroxylation sites is 1. The van der Waals surface area contributed by atoms with Gasteiger partial charge in [-0.2, -0.15) is 0 Å². The number of phenolic OH excluding ortho intramolecular Hbond substituents is 1. The molecule has 0 bridgehead atoms. The SMILES string of the molecule is O=C(/C=C/c1ccccc1O)c1ccc2ccccc2c1. The number of phenols is 1. The summed E-state index contributed by atoms with van der Waals surface area (Å²) < 4.78 is 0. The lowest BCUT2D eigenvalue weighted by Crippen LogP contribution is -1.93. The summed E-state index contributed by atoms with van der Waals surface area (Å²) in [6.07, 6.45) is 3.12. The van der Waals surface area contributed by atoms with Gasteiger partial charge in [-0.05, 0) is 35.1 Å². The molecule has 102 valence electrons. The predicted octanol–water partition coefficient (Wildman–Crippen LogP) is 4.44. The lowest BCUT2D eigenvalue weighted by atomic mass is 10.0. The van der Waals surface area contributed by atoms with Crippen molar-refractivity contribution in [2.75, 3.05) is 0 Å². The Morgan fingerprint density at radius 2 is 1.57 bits per heavy atom. The van der Waals surface area contributed by atoms with Crippen molar-refractivity contribution in [3.05, 3.63) is 83.9 Å². The van der Waals surface area contributed by atoms with Crippen LogP contribution >= 0.6 is 0 Å². The van der Waals surface area contributed by atoms with Gasteiger partial charge < -0.3 is 5.11 Å². The molecule has 21 heavy (non-hydrogen) atoms. The van der Waals surface area contributed by atoms with Crippen molar-refractivity contribution in [1.29, 1.82) is 0 Å². The van der Waals surface area contributed by atoms with Crippen molar-refractivity contribution >= 4 is 22.6 Å². The van der Waals surface area contributed by atoms with E-state index in [1.54, 1.807) is 24.3 Å². The van der Waals surface area contributed by atoms with Crippen LogP contribution in [0.3, 0.4) is 0 Å². The summed E-state index contributed by atoms with van der Waals surface area (Å²) >= 11 is 0. The standard InChI is InChI=1S/C19H14O2/c20-18-8-4-3-6-15(18)11-12-19(21)17-10-9-14-5-1-2-7-16(14)13-17/h1-13,20H/b12-11+. The molecular weight excluding hydrogens is 260 g/mol. The van der Waals surface area contributed by atoms with E-state index >= 15 is 0 Å². The lowest BCUT2D eigenvalue weighted by Gasteiger charge is -2.01. The number of rotatable bonds is 3. The van der Waals surface area contributed by atoms with Crippen LogP contribution in [0.25, 0.3) is 16.8 Å². The van der Waals surface area contributed by atoms with E-state index in [-0.39, 0.29) is 11.5 Å². The molecule has 1 N–H and O–H groups in total. The summed E-state index contributed by atoms with van der Waals surface area (Å²) in [7, 11) is 0. The molecule has 3 aromatic carbocycles. The van der Waals surface area contributed by atoms with Gasteiger partial charge in [-0.1, -0.05) is 54.6 Å². The summed E-state index contributed by atoms with van der Waals surface area (Å²) in [5.41, 5.74) is 1.27. The number of carbonyl (C=O) groups is 1. The first kappa shape index (κ1) is 13.1. The first-order chi connectivity index (χ1) is 10.2. The zero-order valence-electron chi connectivity index (χ0n) is 11.4. The second-order valence-electron chi connectivity index (χ2n) is 4.82. The maximum Gasteiger partial charge on any atom is 0.185 e. The predicted molar refractivity (Wildman–Crippen MR) is 85.4 cm³/mol. The largest absolute Gasteiger partial charge is 0.507 e. The fourth-order valence-electron chi connectivity index (χ4n) is 2.23. The number of ketones is 1. The van der Waals surface area contributed by atoms with E-state index in [9.17, 15) is 9.90 Å². The number of benzene rings is 3. The molecule has 3 rings (SSSR count). The third-order valence-corrected chi connectivity index (χ3v) is 3.39. The fraction of sp³-hybridized carbons (Fsp3) is 0. The van der Waals surface area contributed by atoms with Crippen molar-refractivity contribution < 1.29 is 9.90 Å². The van der Waals surface area contributed by atoms with E-state index in [0.717, 1.165) is 10.8 Å². The molecule has 3 aromatic rings. The Kier molecular flexibility index (Phi) is 3.52. The molecule has 0 aromatic heterocycles. The van der Waals surface area contributed by atoms with Crippen LogP contribution in [0.1, 0.15) is 15.9 Å². The van der Waals surface area contributed by atoms with E-state index in [4.69, 9.17) is 0 Å². The first-order valence-electron chi connectivity index (χ1n) is 6.73. The molecule has 2 nitrogen and oxygen atoms in total. The van der Waals surface area contributed by atoms with Gasteiger partial charge in [0.2, 0.25) is 0 Å². The molecule has 0 aliphatic heterocycles. The highest BCUT2D eigenvalue weighted by molar-refractivity contribution is 6.08. The average Bonchev–Trinajstić information content (AvgIpc) is 2.53. The Morgan fingerprint density at radius 3 is 2.38 bits per heavy atom. The van der Waals surface area contributed by atoms with Crippen LogP contribution in [0, 0.1) is 0 Å². The Hall–Kier alpha value is -2.87. The number of hydrogen-bond acceptors (Lipinski definition) is 2. The maximum atomic E-state index is 12.2. The van der Waals surface area contributed by atoms with Gasteiger partial charge in [0.05, 0.1) is 0 Å². The van der Waals surface area contributed by atoms with E-state index in [1.807, 2.05) is 48.5 Å². The molecule has 0 radical (unpaired) electrons. The van der Waals surface area contributed by atoms with Crippen molar-refractivity contribution in [1.82, 2.24) is 0 Å². The first-order valence-corrected chi connectivity index (χ1v) is 6.73. The molecule has 0 amide bonds. The zero-order chi connectivity index (χ0) is 14.7. The van der Waals surface area contributed by atoms with Crippen LogP contribution in [-0.4, -0.2) is 10.9 Å². The summed E-state index contributed by atoms with van der Waals surface area (Å²) in [5.74, 6) is 0.0871. The van der Waals surface area contributed by atoms with Crippen molar-refractivity contribution in [2.45, 2.75) is 0 Å².